The molecule has 120 valence electrons. The van der Waals surface area contributed by atoms with Crippen molar-refractivity contribution in [3.8, 4) is 0 Å². The molecule has 1 heterocycles. The first kappa shape index (κ1) is 16.1. The number of aliphatic hydroxyl groups excluding tert-OH is 1. The minimum absolute atomic E-state index is 0.0145. The number of aromatic amines is 1. The molecule has 3 rings (SSSR count). The monoisotopic (exact) mass is 327 g/mol. The number of aliphatic hydroxyl groups is 1. The van der Waals surface area contributed by atoms with E-state index in [0.717, 1.165) is 35.2 Å². The molecule has 0 radical (unpaired) electrons. The topological polar surface area (TPSA) is 53.1 Å². The lowest BCUT2D eigenvalue weighted by atomic mass is 10.00. The molecule has 0 spiro atoms. The number of aromatic nitrogens is 1. The molecule has 1 aromatic heterocycles. The molecule has 1 aromatic carbocycles. The average Bonchev–Trinajstić information content (AvgIpc) is 3.41. The first-order chi connectivity index (χ1) is 11.2. The van der Waals surface area contributed by atoms with Crippen LogP contribution >= 0.6 is 11.8 Å². The molecular weight excluding hydrogens is 306 g/mol. The molecule has 0 aliphatic heterocycles. The van der Waals surface area contributed by atoms with Gasteiger partial charge in [0.25, 0.3) is 5.56 Å². The molecule has 0 atom stereocenters. The van der Waals surface area contributed by atoms with Crippen LogP contribution in [0.25, 0.3) is 5.57 Å². The van der Waals surface area contributed by atoms with Crippen LogP contribution in [0.15, 0.2) is 52.2 Å². The highest BCUT2D eigenvalue weighted by molar-refractivity contribution is 7.98. The molecule has 1 aliphatic carbocycles. The van der Waals surface area contributed by atoms with Gasteiger partial charge >= 0.3 is 0 Å². The number of hydrogen-bond acceptors (Lipinski definition) is 3. The molecule has 1 aliphatic rings. The summed E-state index contributed by atoms with van der Waals surface area (Å²) in [5, 5.41) is 9.15. The van der Waals surface area contributed by atoms with Crippen LogP contribution in [-0.4, -0.2) is 23.0 Å². The average molecular weight is 327 g/mol. The first-order valence-electron chi connectivity index (χ1n) is 7.92. The van der Waals surface area contributed by atoms with Crippen molar-refractivity contribution in [3.05, 3.63) is 69.6 Å². The minimum atomic E-state index is 0.0145. The zero-order valence-electron chi connectivity index (χ0n) is 13.2. The van der Waals surface area contributed by atoms with Crippen LogP contribution in [0.1, 0.15) is 42.0 Å². The van der Waals surface area contributed by atoms with E-state index in [9.17, 15) is 4.79 Å². The molecule has 2 aromatic rings. The number of H-pyrrole nitrogens is 1. The Bertz CT molecular complexity index is 758. The Hall–Kier alpha value is -1.78. The van der Waals surface area contributed by atoms with Crippen molar-refractivity contribution in [3.63, 3.8) is 0 Å². The van der Waals surface area contributed by atoms with Crippen LogP contribution < -0.4 is 5.56 Å². The van der Waals surface area contributed by atoms with Gasteiger partial charge in [-0.25, -0.2) is 0 Å². The number of thioether (sulfide) groups is 1. The predicted octanol–water partition coefficient (Wildman–Crippen LogP) is 3.79. The van der Waals surface area contributed by atoms with E-state index in [-0.39, 0.29) is 12.2 Å². The maximum Gasteiger partial charge on any atom is 0.251 e. The highest BCUT2D eigenvalue weighted by Crippen LogP contribution is 2.38. The van der Waals surface area contributed by atoms with Gasteiger partial charge in [0, 0.05) is 28.3 Å². The summed E-state index contributed by atoms with van der Waals surface area (Å²) in [5.74, 6) is 0.443. The minimum Gasteiger partial charge on any atom is -0.396 e. The summed E-state index contributed by atoms with van der Waals surface area (Å²) in [4.78, 5) is 16.5. The van der Waals surface area contributed by atoms with Gasteiger partial charge in [0.05, 0.1) is 0 Å². The zero-order valence-corrected chi connectivity index (χ0v) is 14.0. The Balaban J connectivity index is 1.98. The summed E-state index contributed by atoms with van der Waals surface area (Å²) in [6, 6.07) is 12.2. The van der Waals surface area contributed by atoms with E-state index in [0.29, 0.717) is 12.3 Å². The highest BCUT2D eigenvalue weighted by Gasteiger charge is 2.26. The van der Waals surface area contributed by atoms with Crippen molar-refractivity contribution in [1.82, 2.24) is 4.98 Å². The Morgan fingerprint density at radius 1 is 1.26 bits per heavy atom. The third kappa shape index (κ3) is 3.77. The number of hydrogen-bond donors (Lipinski definition) is 2. The van der Waals surface area contributed by atoms with Gasteiger partial charge in [0.2, 0.25) is 0 Å². The zero-order chi connectivity index (χ0) is 16.2. The number of benzene rings is 1. The van der Waals surface area contributed by atoms with Crippen LogP contribution in [0.3, 0.4) is 0 Å². The summed E-state index contributed by atoms with van der Waals surface area (Å²) in [6.45, 7) is 0.0940. The van der Waals surface area contributed by atoms with E-state index in [1.54, 1.807) is 11.8 Å². The molecule has 3 nitrogen and oxygen atoms in total. The molecule has 0 unspecified atom stereocenters. The molecule has 1 saturated carbocycles. The predicted molar refractivity (Wildman–Crippen MR) is 96.0 cm³/mol. The third-order valence-corrected chi connectivity index (χ3v) is 4.87. The second-order valence-corrected chi connectivity index (χ2v) is 6.67. The maximum atomic E-state index is 12.3. The first-order valence-corrected chi connectivity index (χ1v) is 9.14. The van der Waals surface area contributed by atoms with Crippen LogP contribution in [0, 0.1) is 0 Å². The van der Waals surface area contributed by atoms with E-state index < -0.39 is 0 Å². The van der Waals surface area contributed by atoms with Crippen LogP contribution in [0.2, 0.25) is 0 Å². The van der Waals surface area contributed by atoms with Gasteiger partial charge in [0.1, 0.15) is 0 Å². The molecule has 4 heteroatoms. The summed E-state index contributed by atoms with van der Waals surface area (Å²) >= 11 is 1.70. The van der Waals surface area contributed by atoms with Crippen LogP contribution in [0.4, 0.5) is 0 Å². The Labute approximate surface area is 140 Å². The van der Waals surface area contributed by atoms with Gasteiger partial charge in [0.15, 0.2) is 0 Å². The standard InChI is InChI=1S/C19H21NO2S/c1-23-15-8-6-13(7-9-15)16(3-2-12-21)18-11-10-17(14-4-5-14)19(22)20-18/h3,6-11,14,21H,2,4-5,12H2,1H3,(H,20,22). The van der Waals surface area contributed by atoms with Gasteiger partial charge in [-0.3, -0.25) is 4.79 Å². The quantitative estimate of drug-likeness (QED) is 0.794. The van der Waals surface area contributed by atoms with Crippen molar-refractivity contribution in [2.24, 2.45) is 0 Å². The van der Waals surface area contributed by atoms with Crippen molar-refractivity contribution in [2.75, 3.05) is 12.9 Å². The van der Waals surface area contributed by atoms with Crippen LogP contribution in [-0.2, 0) is 0 Å². The van der Waals surface area contributed by atoms with Crippen molar-refractivity contribution in [2.45, 2.75) is 30.1 Å². The van der Waals surface area contributed by atoms with Crippen molar-refractivity contribution in [1.29, 1.82) is 0 Å². The number of pyridine rings is 1. The Kier molecular flexibility index (Phi) is 5.03. The molecule has 0 bridgehead atoms. The van der Waals surface area contributed by atoms with Crippen molar-refractivity contribution < 1.29 is 5.11 Å². The SMILES string of the molecule is CSc1ccc(C(=CCCO)c2ccc(C3CC3)c(=O)[nH]2)cc1. The molecule has 23 heavy (non-hydrogen) atoms. The second-order valence-electron chi connectivity index (χ2n) is 5.79. The fourth-order valence-corrected chi connectivity index (χ4v) is 3.13. The number of nitrogens with one attached hydrogen (secondary N) is 1. The van der Waals surface area contributed by atoms with Gasteiger partial charge in [-0.05, 0) is 55.2 Å². The second kappa shape index (κ2) is 7.20. The van der Waals surface area contributed by atoms with E-state index in [1.807, 2.05) is 24.5 Å². The van der Waals surface area contributed by atoms with Gasteiger partial charge in [-0.2, -0.15) is 0 Å². The molecular formula is C19H21NO2S. The van der Waals surface area contributed by atoms with E-state index in [2.05, 4.69) is 29.2 Å². The largest absolute Gasteiger partial charge is 0.396 e. The highest BCUT2D eigenvalue weighted by atomic mass is 32.2. The van der Waals surface area contributed by atoms with Gasteiger partial charge < -0.3 is 10.1 Å². The van der Waals surface area contributed by atoms with E-state index >= 15 is 0 Å². The van der Waals surface area contributed by atoms with Gasteiger partial charge in [-0.15, -0.1) is 11.8 Å². The molecule has 1 fully saturated rings. The smallest absolute Gasteiger partial charge is 0.251 e. The van der Waals surface area contributed by atoms with Crippen LogP contribution in [0.5, 0.6) is 0 Å². The van der Waals surface area contributed by atoms with E-state index in [4.69, 9.17) is 5.11 Å². The molecule has 0 saturated heterocycles. The number of rotatable bonds is 6. The Morgan fingerprint density at radius 3 is 2.57 bits per heavy atom. The lowest BCUT2D eigenvalue weighted by molar-refractivity contribution is 0.303. The Morgan fingerprint density at radius 2 is 2.00 bits per heavy atom. The summed E-state index contributed by atoms with van der Waals surface area (Å²) in [5.41, 5.74) is 3.73. The summed E-state index contributed by atoms with van der Waals surface area (Å²) in [7, 11) is 0. The van der Waals surface area contributed by atoms with Gasteiger partial charge in [-0.1, -0.05) is 24.3 Å². The third-order valence-electron chi connectivity index (χ3n) is 4.13. The lowest BCUT2D eigenvalue weighted by Crippen LogP contribution is -2.13. The normalized spacial score (nSPS) is 15.0. The molecule has 2 N–H and O–H groups in total. The lowest BCUT2D eigenvalue weighted by Gasteiger charge is -2.10. The van der Waals surface area contributed by atoms with E-state index in [1.165, 1.54) is 4.90 Å². The maximum absolute atomic E-state index is 12.3. The fourth-order valence-electron chi connectivity index (χ4n) is 2.72. The summed E-state index contributed by atoms with van der Waals surface area (Å²) in [6.07, 6.45) is 6.82. The van der Waals surface area contributed by atoms with Crippen molar-refractivity contribution >= 4 is 17.3 Å². The summed E-state index contributed by atoms with van der Waals surface area (Å²) < 4.78 is 0. The molecule has 0 amide bonds. The fraction of sp³-hybridized carbons (Fsp3) is 0.316.